The molecule has 0 saturated carbocycles. The van der Waals surface area contributed by atoms with Crippen molar-refractivity contribution in [3.63, 3.8) is 0 Å². The molecule has 3 amide bonds. The molecular weight excluding hydrogens is 446 g/mol. The Bertz CT molecular complexity index is 865. The molecule has 3 N–H and O–H groups in total. The zero-order valence-electron chi connectivity index (χ0n) is 22.3. The number of nitrogens with zero attached hydrogens (tertiary/aromatic N) is 1. The number of carbonyl (C=O) groups excluding carboxylic acids is 3. The van der Waals surface area contributed by atoms with Crippen LogP contribution >= 0.6 is 0 Å². The summed E-state index contributed by atoms with van der Waals surface area (Å²) in [6.45, 7) is 16.8. The molecule has 0 aromatic heterocycles. The molecule has 4 unspecified atom stereocenters. The predicted molar refractivity (Wildman–Crippen MR) is 138 cm³/mol. The number of carbonyl (C=O) groups is 3. The van der Waals surface area contributed by atoms with Gasteiger partial charge in [0.1, 0.15) is 23.4 Å². The molecule has 8 heteroatoms. The van der Waals surface area contributed by atoms with Crippen LogP contribution in [0.25, 0.3) is 0 Å². The van der Waals surface area contributed by atoms with Crippen LogP contribution in [-0.2, 0) is 14.3 Å². The van der Waals surface area contributed by atoms with Crippen molar-refractivity contribution in [1.29, 1.82) is 0 Å². The average molecular weight is 490 g/mol. The summed E-state index contributed by atoms with van der Waals surface area (Å²) in [6.07, 6.45) is 3.12. The molecule has 0 saturated heterocycles. The number of aromatic hydroxyl groups is 1. The SMILES string of the molecule is C=CCN(C(=O)C(NC(=O)OC(C)(C)C)C(C)CC)C(C(=O)NC(C)CCC)c1cccc(O)c1. The van der Waals surface area contributed by atoms with Crippen LogP contribution in [0.15, 0.2) is 36.9 Å². The maximum atomic E-state index is 13.9. The molecule has 0 bridgehead atoms. The van der Waals surface area contributed by atoms with E-state index in [0.29, 0.717) is 12.0 Å². The number of hydrogen-bond donors (Lipinski definition) is 3. The lowest BCUT2D eigenvalue weighted by atomic mass is 9.95. The van der Waals surface area contributed by atoms with Crippen molar-refractivity contribution < 1.29 is 24.2 Å². The summed E-state index contributed by atoms with van der Waals surface area (Å²) in [5, 5.41) is 15.8. The molecule has 0 aliphatic carbocycles. The van der Waals surface area contributed by atoms with Crippen LogP contribution in [0.2, 0.25) is 0 Å². The van der Waals surface area contributed by atoms with Crippen molar-refractivity contribution in [2.45, 2.75) is 91.5 Å². The zero-order chi connectivity index (χ0) is 26.8. The summed E-state index contributed by atoms with van der Waals surface area (Å²) >= 11 is 0. The van der Waals surface area contributed by atoms with Crippen molar-refractivity contribution in [2.75, 3.05) is 6.54 Å². The number of phenols is 1. The summed E-state index contributed by atoms with van der Waals surface area (Å²) in [7, 11) is 0. The first-order chi connectivity index (χ1) is 16.3. The Kier molecular flexibility index (Phi) is 11.8. The van der Waals surface area contributed by atoms with Gasteiger partial charge in [-0.2, -0.15) is 0 Å². The molecule has 35 heavy (non-hydrogen) atoms. The van der Waals surface area contributed by atoms with Crippen molar-refractivity contribution in [1.82, 2.24) is 15.5 Å². The molecule has 1 aromatic rings. The molecule has 0 fully saturated rings. The van der Waals surface area contributed by atoms with Crippen LogP contribution in [0.4, 0.5) is 4.79 Å². The van der Waals surface area contributed by atoms with Gasteiger partial charge < -0.3 is 25.4 Å². The summed E-state index contributed by atoms with van der Waals surface area (Å²) < 4.78 is 5.39. The maximum absolute atomic E-state index is 13.9. The second kappa shape index (κ2) is 13.8. The minimum Gasteiger partial charge on any atom is -0.508 e. The monoisotopic (exact) mass is 489 g/mol. The minimum atomic E-state index is -1.03. The van der Waals surface area contributed by atoms with E-state index < -0.39 is 29.7 Å². The summed E-state index contributed by atoms with van der Waals surface area (Å²) in [6, 6.07) is 4.24. The van der Waals surface area contributed by atoms with Crippen LogP contribution in [-0.4, -0.2) is 52.1 Å². The maximum Gasteiger partial charge on any atom is 0.408 e. The van der Waals surface area contributed by atoms with Crippen LogP contribution in [0.1, 0.15) is 79.3 Å². The van der Waals surface area contributed by atoms with Gasteiger partial charge in [0.25, 0.3) is 0 Å². The van der Waals surface area contributed by atoms with E-state index in [1.807, 2.05) is 27.7 Å². The van der Waals surface area contributed by atoms with Crippen LogP contribution in [0.3, 0.4) is 0 Å². The highest BCUT2D eigenvalue weighted by Gasteiger charge is 2.38. The average Bonchev–Trinajstić information content (AvgIpc) is 2.75. The van der Waals surface area contributed by atoms with Crippen molar-refractivity contribution in [2.24, 2.45) is 5.92 Å². The van der Waals surface area contributed by atoms with E-state index in [4.69, 9.17) is 4.74 Å². The lowest BCUT2D eigenvalue weighted by Crippen LogP contribution is -2.55. The molecule has 1 rings (SSSR count). The van der Waals surface area contributed by atoms with Gasteiger partial charge in [0.15, 0.2) is 0 Å². The molecule has 0 heterocycles. The molecule has 0 spiro atoms. The Morgan fingerprint density at radius 1 is 1.17 bits per heavy atom. The lowest BCUT2D eigenvalue weighted by Gasteiger charge is -2.36. The van der Waals surface area contributed by atoms with Crippen LogP contribution in [0, 0.1) is 5.92 Å². The molecule has 1 aromatic carbocycles. The Hall–Kier alpha value is -3.03. The third-order valence-electron chi connectivity index (χ3n) is 5.62. The topological polar surface area (TPSA) is 108 Å². The zero-order valence-corrected chi connectivity index (χ0v) is 22.3. The van der Waals surface area contributed by atoms with Gasteiger partial charge in [0, 0.05) is 12.6 Å². The van der Waals surface area contributed by atoms with E-state index in [2.05, 4.69) is 17.2 Å². The largest absolute Gasteiger partial charge is 0.508 e. The van der Waals surface area contributed by atoms with Gasteiger partial charge in [-0.25, -0.2) is 4.79 Å². The third-order valence-corrected chi connectivity index (χ3v) is 5.62. The number of hydrogen-bond acceptors (Lipinski definition) is 5. The van der Waals surface area contributed by atoms with E-state index in [-0.39, 0.29) is 30.2 Å². The quantitative estimate of drug-likeness (QED) is 0.369. The number of alkyl carbamates (subject to hydrolysis) is 1. The first-order valence-corrected chi connectivity index (χ1v) is 12.3. The second-order valence-electron chi connectivity index (χ2n) is 9.98. The van der Waals surface area contributed by atoms with Gasteiger partial charge in [-0.3, -0.25) is 9.59 Å². The molecule has 196 valence electrons. The number of rotatable bonds is 12. The smallest absolute Gasteiger partial charge is 0.408 e. The highest BCUT2D eigenvalue weighted by Crippen LogP contribution is 2.27. The standard InChI is InChI=1S/C27H43N3O5/c1-9-13-19(5)28-24(32)23(20-14-12-15-21(31)17-20)30(16-10-2)25(33)22(18(4)11-3)29-26(34)35-27(6,7)8/h10,12,14-15,17-19,22-23,31H,2,9,11,13,16H2,1,3-8H3,(H,28,32)(H,29,34). The normalized spacial score (nSPS) is 14.7. The highest BCUT2D eigenvalue weighted by atomic mass is 16.6. The van der Waals surface area contributed by atoms with E-state index in [1.54, 1.807) is 32.9 Å². The molecule has 4 atom stereocenters. The predicted octanol–water partition coefficient (Wildman–Crippen LogP) is 4.69. The van der Waals surface area contributed by atoms with E-state index >= 15 is 0 Å². The van der Waals surface area contributed by atoms with E-state index in [0.717, 1.165) is 12.8 Å². The fraction of sp³-hybridized carbons (Fsp3) is 0.593. The van der Waals surface area contributed by atoms with Gasteiger partial charge in [0.2, 0.25) is 11.8 Å². The van der Waals surface area contributed by atoms with Crippen LogP contribution in [0.5, 0.6) is 5.75 Å². The minimum absolute atomic E-state index is 0.0155. The van der Waals surface area contributed by atoms with E-state index in [1.165, 1.54) is 23.1 Å². The molecule has 0 radical (unpaired) electrons. The number of nitrogens with one attached hydrogen (secondary N) is 2. The van der Waals surface area contributed by atoms with Crippen molar-refractivity contribution in [3.05, 3.63) is 42.5 Å². The summed E-state index contributed by atoms with van der Waals surface area (Å²) in [5.41, 5.74) is -0.269. The van der Waals surface area contributed by atoms with Crippen molar-refractivity contribution in [3.8, 4) is 5.75 Å². The van der Waals surface area contributed by atoms with Gasteiger partial charge in [-0.1, -0.05) is 51.8 Å². The number of ether oxygens (including phenoxy) is 1. The van der Waals surface area contributed by atoms with Gasteiger partial charge >= 0.3 is 6.09 Å². The molecule has 0 aliphatic heterocycles. The first-order valence-electron chi connectivity index (χ1n) is 12.3. The second-order valence-corrected chi connectivity index (χ2v) is 9.98. The van der Waals surface area contributed by atoms with Gasteiger partial charge in [0.05, 0.1) is 0 Å². The summed E-state index contributed by atoms with van der Waals surface area (Å²) in [4.78, 5) is 41.4. The van der Waals surface area contributed by atoms with Gasteiger partial charge in [-0.15, -0.1) is 6.58 Å². The fourth-order valence-corrected chi connectivity index (χ4v) is 3.75. The first kappa shape index (κ1) is 30.0. The highest BCUT2D eigenvalue weighted by molar-refractivity contribution is 5.92. The van der Waals surface area contributed by atoms with E-state index in [9.17, 15) is 19.5 Å². The van der Waals surface area contributed by atoms with Gasteiger partial charge in [-0.05, 0) is 57.7 Å². The molecular formula is C27H43N3O5. The lowest BCUT2D eigenvalue weighted by molar-refractivity contribution is -0.143. The van der Waals surface area contributed by atoms with Crippen molar-refractivity contribution >= 4 is 17.9 Å². The Balaban J connectivity index is 3.46. The Morgan fingerprint density at radius 2 is 1.83 bits per heavy atom. The van der Waals surface area contributed by atoms with Crippen LogP contribution < -0.4 is 10.6 Å². The Labute approximate surface area is 210 Å². The summed E-state index contributed by atoms with van der Waals surface area (Å²) in [5.74, 6) is -1.05. The third kappa shape index (κ3) is 9.62. The molecule has 0 aliphatic rings. The number of benzene rings is 1. The number of amides is 3. The molecule has 8 nitrogen and oxygen atoms in total. The Morgan fingerprint density at radius 3 is 2.34 bits per heavy atom. The fourth-order valence-electron chi connectivity index (χ4n) is 3.75. The number of phenolic OH excluding ortho intramolecular Hbond substituents is 1.